The molecule has 54 valence electrons. The molecule has 0 spiro atoms. The second-order valence-corrected chi connectivity index (χ2v) is 4.23. The molecule has 0 aromatic heterocycles. The number of rotatable bonds is 1. The van der Waals surface area contributed by atoms with Gasteiger partial charge in [-0.2, -0.15) is 0 Å². The predicted molar refractivity (Wildman–Crippen MR) is 56.0 cm³/mol. The summed E-state index contributed by atoms with van der Waals surface area (Å²) in [5.74, 6) is 0. The number of halogens is 2. The van der Waals surface area contributed by atoms with E-state index >= 15 is 0 Å². The monoisotopic (exact) mass is 284 g/mol. The lowest BCUT2D eigenvalue weighted by Gasteiger charge is -1.97. The lowest BCUT2D eigenvalue weighted by atomic mass is 10.4. The highest BCUT2D eigenvalue weighted by Crippen LogP contribution is 2.23. The van der Waals surface area contributed by atoms with Crippen LogP contribution in [0.5, 0.6) is 0 Å². The first-order chi connectivity index (χ1) is 4.74. The first-order valence-electron chi connectivity index (χ1n) is 2.73. The molecule has 1 aromatic rings. The third-order valence-corrected chi connectivity index (χ3v) is 3.39. The number of hydrogen-bond donors (Lipinski definition) is 0. The van der Waals surface area contributed by atoms with Gasteiger partial charge in [0.1, 0.15) is 0 Å². The van der Waals surface area contributed by atoms with Gasteiger partial charge >= 0.3 is 0 Å². The molecule has 1 aromatic carbocycles. The van der Waals surface area contributed by atoms with Gasteiger partial charge in [-0.1, -0.05) is 11.6 Å². The average molecular weight is 285 g/mol. The van der Waals surface area contributed by atoms with Crippen molar-refractivity contribution < 1.29 is 0 Å². The molecule has 0 amide bonds. The summed E-state index contributed by atoms with van der Waals surface area (Å²) in [6.45, 7) is 0. The second-order valence-electron chi connectivity index (χ2n) is 1.78. The van der Waals surface area contributed by atoms with E-state index in [0.29, 0.717) is 0 Å². The number of thioether (sulfide) groups is 1. The molecule has 0 atom stereocenters. The van der Waals surface area contributed by atoms with Crippen LogP contribution in [0.4, 0.5) is 0 Å². The van der Waals surface area contributed by atoms with Crippen LogP contribution in [-0.2, 0) is 0 Å². The van der Waals surface area contributed by atoms with Crippen molar-refractivity contribution in [2.24, 2.45) is 0 Å². The minimum absolute atomic E-state index is 0.832. The molecule has 0 saturated heterocycles. The molecule has 10 heavy (non-hydrogen) atoms. The van der Waals surface area contributed by atoms with E-state index in [1.807, 2.05) is 12.1 Å². The maximum absolute atomic E-state index is 5.82. The summed E-state index contributed by atoms with van der Waals surface area (Å²) < 4.78 is 1.12. The van der Waals surface area contributed by atoms with E-state index in [-0.39, 0.29) is 0 Å². The van der Waals surface area contributed by atoms with Crippen LogP contribution >= 0.6 is 46.0 Å². The minimum atomic E-state index is 0.832. The van der Waals surface area contributed by atoms with E-state index in [9.17, 15) is 0 Å². The molecule has 0 aliphatic rings. The van der Waals surface area contributed by atoms with E-state index in [4.69, 9.17) is 11.6 Å². The molecule has 0 unspecified atom stereocenters. The largest absolute Gasteiger partial charge is 0.130 e. The molecule has 3 heteroatoms. The Morgan fingerprint density at radius 1 is 1.50 bits per heavy atom. The van der Waals surface area contributed by atoms with Gasteiger partial charge in [-0.3, -0.25) is 0 Å². The first-order valence-corrected chi connectivity index (χ1v) is 5.41. The molecule has 0 N–H and O–H groups in total. The fourth-order valence-electron chi connectivity index (χ4n) is 0.604. The SMILES string of the molecule is CSc1ccc(Cl)c(I)c1. The van der Waals surface area contributed by atoms with E-state index in [1.165, 1.54) is 4.90 Å². The van der Waals surface area contributed by atoms with Crippen molar-refractivity contribution >= 4 is 46.0 Å². The maximum atomic E-state index is 5.82. The highest BCUT2D eigenvalue weighted by Gasteiger charge is 1.95. The van der Waals surface area contributed by atoms with Crippen molar-refractivity contribution in [3.63, 3.8) is 0 Å². The summed E-state index contributed by atoms with van der Waals surface area (Å²) in [4.78, 5) is 1.26. The van der Waals surface area contributed by atoms with Crippen LogP contribution in [-0.4, -0.2) is 6.26 Å². The van der Waals surface area contributed by atoms with Crippen molar-refractivity contribution in [2.75, 3.05) is 6.26 Å². The molecule has 0 nitrogen and oxygen atoms in total. The Morgan fingerprint density at radius 2 is 2.20 bits per heavy atom. The maximum Gasteiger partial charge on any atom is 0.0540 e. The topological polar surface area (TPSA) is 0 Å². The Kier molecular flexibility index (Phi) is 3.33. The van der Waals surface area contributed by atoms with Gasteiger partial charge in [-0.15, -0.1) is 11.8 Å². The second kappa shape index (κ2) is 3.83. The summed E-state index contributed by atoms with van der Waals surface area (Å²) in [5.41, 5.74) is 0. The van der Waals surface area contributed by atoms with Crippen LogP contribution in [0.1, 0.15) is 0 Å². The Hall–Kier alpha value is 0.590. The zero-order valence-corrected chi connectivity index (χ0v) is 9.13. The van der Waals surface area contributed by atoms with Crippen molar-refractivity contribution in [3.8, 4) is 0 Å². The van der Waals surface area contributed by atoms with Crippen LogP contribution in [0.25, 0.3) is 0 Å². The highest BCUT2D eigenvalue weighted by molar-refractivity contribution is 14.1. The smallest absolute Gasteiger partial charge is 0.0540 e. The summed E-state index contributed by atoms with van der Waals surface area (Å²) in [6.07, 6.45) is 2.05. The Morgan fingerprint density at radius 3 is 2.70 bits per heavy atom. The van der Waals surface area contributed by atoms with E-state index in [2.05, 4.69) is 34.9 Å². The van der Waals surface area contributed by atoms with Crippen molar-refractivity contribution in [1.82, 2.24) is 0 Å². The third-order valence-electron chi connectivity index (χ3n) is 1.13. The van der Waals surface area contributed by atoms with Crippen molar-refractivity contribution in [1.29, 1.82) is 0 Å². The van der Waals surface area contributed by atoms with Gasteiger partial charge in [-0.25, -0.2) is 0 Å². The van der Waals surface area contributed by atoms with Crippen molar-refractivity contribution in [3.05, 3.63) is 26.8 Å². The fourth-order valence-corrected chi connectivity index (χ4v) is 1.89. The summed E-state index contributed by atoms with van der Waals surface area (Å²) in [5, 5.41) is 0.832. The number of hydrogen-bond acceptors (Lipinski definition) is 1. The normalized spacial score (nSPS) is 9.90. The molecule has 0 saturated carbocycles. The van der Waals surface area contributed by atoms with Gasteiger partial charge in [-0.05, 0) is 47.0 Å². The Bertz CT molecular complexity index is 237. The molecule has 0 fully saturated rings. The van der Waals surface area contributed by atoms with Gasteiger partial charge < -0.3 is 0 Å². The zero-order valence-electron chi connectivity index (χ0n) is 5.40. The van der Waals surface area contributed by atoms with E-state index < -0.39 is 0 Å². The molecule has 0 radical (unpaired) electrons. The van der Waals surface area contributed by atoms with Gasteiger partial charge in [0, 0.05) is 8.47 Å². The lowest BCUT2D eigenvalue weighted by molar-refractivity contribution is 1.44. The third kappa shape index (κ3) is 2.04. The quantitative estimate of drug-likeness (QED) is 0.560. The molecule has 0 aliphatic carbocycles. The minimum Gasteiger partial charge on any atom is -0.130 e. The average Bonchev–Trinajstić information content (AvgIpc) is 1.95. The van der Waals surface area contributed by atoms with Gasteiger partial charge in [0.25, 0.3) is 0 Å². The molecular weight excluding hydrogens is 279 g/mol. The standard InChI is InChI=1S/C7H6ClIS/c1-10-5-2-3-6(8)7(9)4-5/h2-4H,1H3. The van der Waals surface area contributed by atoms with Crippen LogP contribution in [0.2, 0.25) is 5.02 Å². The fraction of sp³-hybridized carbons (Fsp3) is 0.143. The van der Waals surface area contributed by atoms with E-state index in [1.54, 1.807) is 11.8 Å². The zero-order chi connectivity index (χ0) is 7.56. The Balaban J connectivity index is 3.04. The van der Waals surface area contributed by atoms with Crippen LogP contribution in [0, 0.1) is 3.57 Å². The van der Waals surface area contributed by atoms with Crippen LogP contribution in [0.15, 0.2) is 23.1 Å². The first kappa shape index (κ1) is 8.68. The van der Waals surface area contributed by atoms with Crippen LogP contribution in [0.3, 0.4) is 0 Å². The summed E-state index contributed by atoms with van der Waals surface area (Å²) in [7, 11) is 0. The van der Waals surface area contributed by atoms with Gasteiger partial charge in [0.15, 0.2) is 0 Å². The van der Waals surface area contributed by atoms with E-state index in [0.717, 1.165) is 8.59 Å². The molecule has 0 aliphatic heterocycles. The summed E-state index contributed by atoms with van der Waals surface area (Å²) in [6, 6.07) is 6.03. The predicted octanol–water partition coefficient (Wildman–Crippen LogP) is 3.67. The summed E-state index contributed by atoms with van der Waals surface area (Å²) >= 11 is 9.78. The molecule has 1 rings (SSSR count). The van der Waals surface area contributed by atoms with Gasteiger partial charge in [0.05, 0.1) is 5.02 Å². The molecule has 0 bridgehead atoms. The molecule has 0 heterocycles. The lowest BCUT2D eigenvalue weighted by Crippen LogP contribution is -1.74. The van der Waals surface area contributed by atoms with Crippen molar-refractivity contribution in [2.45, 2.75) is 4.90 Å². The number of benzene rings is 1. The Labute approximate surface area is 83.5 Å². The van der Waals surface area contributed by atoms with Gasteiger partial charge in [0.2, 0.25) is 0 Å². The van der Waals surface area contributed by atoms with Crippen LogP contribution < -0.4 is 0 Å². The molecular formula is C7H6ClIS. The highest BCUT2D eigenvalue weighted by atomic mass is 127.